The molecule has 0 unspecified atom stereocenters. The molecule has 4 nitrogen and oxygen atoms in total. The van der Waals surface area contributed by atoms with Crippen molar-refractivity contribution in [3.63, 3.8) is 0 Å². The maximum absolute atomic E-state index is 11.6. The Kier molecular flexibility index (Phi) is 3.75. The Morgan fingerprint density at radius 1 is 0.960 bits per heavy atom. The number of fused-ring (bicyclic) bond motifs is 2. The molecule has 0 aliphatic rings. The smallest absolute Gasteiger partial charge is 0.0737 e. The molecule has 1 aromatic heterocycles. The summed E-state index contributed by atoms with van der Waals surface area (Å²) in [4.78, 5) is 15.9. The number of hydrogen-bond donors (Lipinski definition) is 1. The Morgan fingerprint density at radius 3 is 2.48 bits per heavy atom. The predicted octanol–water partition coefficient (Wildman–Crippen LogP) is 4.15. The highest BCUT2D eigenvalue weighted by molar-refractivity contribution is 6.31. The van der Waals surface area contributed by atoms with Crippen LogP contribution in [0.15, 0.2) is 66.9 Å². The molecular formula is C20H12ClN2O2-. The van der Waals surface area contributed by atoms with Crippen molar-refractivity contribution in [2.24, 2.45) is 0 Å². The molecule has 5 heteroatoms. The van der Waals surface area contributed by atoms with E-state index in [4.69, 9.17) is 11.6 Å². The van der Waals surface area contributed by atoms with Crippen LogP contribution in [-0.2, 0) is 0 Å². The third-order valence-electron chi connectivity index (χ3n) is 4.08. The van der Waals surface area contributed by atoms with Crippen molar-refractivity contribution in [1.29, 1.82) is 0 Å². The van der Waals surface area contributed by atoms with Gasteiger partial charge >= 0.3 is 0 Å². The highest BCUT2D eigenvalue weighted by Gasteiger charge is 2.09. The van der Waals surface area contributed by atoms with Crippen LogP contribution in [0.2, 0.25) is 5.02 Å². The summed E-state index contributed by atoms with van der Waals surface area (Å²) in [7, 11) is 0. The Bertz CT molecular complexity index is 1130. The van der Waals surface area contributed by atoms with Gasteiger partial charge in [0.2, 0.25) is 0 Å². The largest absolute Gasteiger partial charge is 0.545 e. The van der Waals surface area contributed by atoms with Gasteiger partial charge in [0, 0.05) is 33.5 Å². The summed E-state index contributed by atoms with van der Waals surface area (Å²) in [6.45, 7) is 0. The SMILES string of the molecule is O=C([O-])c1cc2ccccc2cc1Nc1ccnc2cc(Cl)ccc12. The first-order valence-electron chi connectivity index (χ1n) is 7.67. The van der Waals surface area contributed by atoms with Crippen molar-refractivity contribution in [3.05, 3.63) is 77.4 Å². The number of carbonyl (C=O) groups excluding carboxylic acids is 1. The number of aromatic carboxylic acids is 1. The van der Waals surface area contributed by atoms with Crippen LogP contribution in [-0.4, -0.2) is 11.0 Å². The van der Waals surface area contributed by atoms with E-state index in [-0.39, 0.29) is 5.56 Å². The van der Waals surface area contributed by atoms with Gasteiger partial charge in [-0.05, 0) is 47.2 Å². The molecule has 0 amide bonds. The fraction of sp³-hybridized carbons (Fsp3) is 0. The maximum Gasteiger partial charge on any atom is 0.0737 e. The number of carboxylic acid groups (broad SMARTS) is 1. The van der Waals surface area contributed by atoms with Crippen molar-refractivity contribution in [3.8, 4) is 0 Å². The number of hydrogen-bond acceptors (Lipinski definition) is 4. The lowest BCUT2D eigenvalue weighted by molar-refractivity contribution is -0.254. The minimum absolute atomic E-state index is 0.109. The lowest BCUT2D eigenvalue weighted by atomic mass is 10.0. The zero-order chi connectivity index (χ0) is 17.4. The van der Waals surface area contributed by atoms with Crippen molar-refractivity contribution in [2.45, 2.75) is 0 Å². The second-order valence-electron chi connectivity index (χ2n) is 5.68. The van der Waals surface area contributed by atoms with Gasteiger partial charge in [-0.25, -0.2) is 0 Å². The van der Waals surface area contributed by atoms with Gasteiger partial charge in [0.05, 0.1) is 11.5 Å². The van der Waals surface area contributed by atoms with Gasteiger partial charge in [0.15, 0.2) is 0 Å². The van der Waals surface area contributed by atoms with E-state index >= 15 is 0 Å². The molecule has 0 spiro atoms. The van der Waals surface area contributed by atoms with Crippen LogP contribution in [0.5, 0.6) is 0 Å². The van der Waals surface area contributed by atoms with E-state index in [0.29, 0.717) is 10.7 Å². The lowest BCUT2D eigenvalue weighted by Gasteiger charge is -2.16. The van der Waals surface area contributed by atoms with E-state index in [1.807, 2.05) is 36.4 Å². The predicted molar refractivity (Wildman–Crippen MR) is 98.3 cm³/mol. The number of anilines is 2. The number of benzene rings is 3. The quantitative estimate of drug-likeness (QED) is 0.604. The van der Waals surface area contributed by atoms with Crippen LogP contribution < -0.4 is 10.4 Å². The molecule has 4 rings (SSSR count). The number of carboxylic acids is 1. The topological polar surface area (TPSA) is 65.0 Å². The summed E-state index contributed by atoms with van der Waals surface area (Å²) < 4.78 is 0. The van der Waals surface area contributed by atoms with Crippen LogP contribution in [0.3, 0.4) is 0 Å². The molecule has 25 heavy (non-hydrogen) atoms. The maximum atomic E-state index is 11.6. The fourth-order valence-electron chi connectivity index (χ4n) is 2.89. The second-order valence-corrected chi connectivity index (χ2v) is 6.11. The third kappa shape index (κ3) is 2.88. The molecule has 122 valence electrons. The van der Waals surface area contributed by atoms with E-state index in [9.17, 15) is 9.90 Å². The van der Waals surface area contributed by atoms with Gasteiger partial charge in [0.1, 0.15) is 0 Å². The van der Waals surface area contributed by atoms with Crippen molar-refractivity contribution in [1.82, 2.24) is 4.98 Å². The molecule has 4 aromatic rings. The van der Waals surface area contributed by atoms with Crippen LogP contribution >= 0.6 is 11.6 Å². The Balaban J connectivity index is 1.88. The first-order valence-corrected chi connectivity index (χ1v) is 8.05. The molecule has 0 aliphatic carbocycles. The highest BCUT2D eigenvalue weighted by atomic mass is 35.5. The lowest BCUT2D eigenvalue weighted by Crippen LogP contribution is -2.23. The van der Waals surface area contributed by atoms with Gasteiger partial charge in [-0.3, -0.25) is 4.98 Å². The van der Waals surface area contributed by atoms with Gasteiger partial charge in [-0.2, -0.15) is 0 Å². The summed E-state index contributed by atoms with van der Waals surface area (Å²) in [5.74, 6) is -1.23. The van der Waals surface area contributed by atoms with E-state index in [1.54, 1.807) is 30.5 Å². The summed E-state index contributed by atoms with van der Waals surface area (Å²) in [6.07, 6.45) is 1.65. The molecule has 1 heterocycles. The zero-order valence-corrected chi connectivity index (χ0v) is 13.7. The first kappa shape index (κ1) is 15.4. The third-order valence-corrected chi connectivity index (χ3v) is 4.31. The summed E-state index contributed by atoms with van der Waals surface area (Å²) in [5, 5.41) is 18.0. The Hall–Kier alpha value is -3.11. The normalized spacial score (nSPS) is 10.9. The number of nitrogens with one attached hydrogen (secondary N) is 1. The molecule has 0 atom stereocenters. The summed E-state index contributed by atoms with van der Waals surface area (Å²) >= 11 is 6.02. The number of rotatable bonds is 3. The molecule has 0 bridgehead atoms. The summed E-state index contributed by atoms with van der Waals surface area (Å²) in [5.41, 5.74) is 2.06. The molecular weight excluding hydrogens is 336 g/mol. The van der Waals surface area contributed by atoms with E-state index in [0.717, 1.165) is 27.4 Å². The average molecular weight is 348 g/mol. The second kappa shape index (κ2) is 6.07. The van der Waals surface area contributed by atoms with E-state index in [1.165, 1.54) is 0 Å². The Morgan fingerprint density at radius 2 is 1.72 bits per heavy atom. The van der Waals surface area contributed by atoms with Gasteiger partial charge < -0.3 is 15.2 Å². The molecule has 1 N–H and O–H groups in total. The Labute approximate surface area is 148 Å². The molecule has 0 radical (unpaired) electrons. The van der Waals surface area contributed by atoms with Crippen molar-refractivity contribution in [2.75, 3.05) is 5.32 Å². The minimum Gasteiger partial charge on any atom is -0.545 e. The zero-order valence-electron chi connectivity index (χ0n) is 13.0. The first-order chi connectivity index (χ1) is 12.1. The molecule has 0 saturated heterocycles. The van der Waals surface area contributed by atoms with E-state index in [2.05, 4.69) is 10.3 Å². The van der Waals surface area contributed by atoms with Crippen LogP contribution in [0, 0.1) is 0 Å². The average Bonchev–Trinajstić information content (AvgIpc) is 2.61. The van der Waals surface area contributed by atoms with Gasteiger partial charge in [-0.15, -0.1) is 0 Å². The van der Waals surface area contributed by atoms with Crippen LogP contribution in [0.1, 0.15) is 10.4 Å². The monoisotopic (exact) mass is 347 g/mol. The number of nitrogens with zero attached hydrogens (tertiary/aromatic N) is 1. The standard InChI is InChI=1S/C20H13ClN2O2/c21-14-5-6-15-17(7-8-22-18(15)11-14)23-19-10-13-4-2-1-3-12(13)9-16(19)20(24)25/h1-11H,(H,22,23)(H,24,25)/p-1. The molecule has 3 aromatic carbocycles. The van der Waals surface area contributed by atoms with Gasteiger partial charge in [0.25, 0.3) is 0 Å². The fourth-order valence-corrected chi connectivity index (χ4v) is 3.05. The molecule has 0 saturated carbocycles. The van der Waals surface area contributed by atoms with Crippen molar-refractivity contribution >= 4 is 50.6 Å². The summed E-state index contributed by atoms with van der Waals surface area (Å²) in [6, 6.07) is 18.2. The minimum atomic E-state index is -1.23. The van der Waals surface area contributed by atoms with Crippen LogP contribution in [0.4, 0.5) is 11.4 Å². The van der Waals surface area contributed by atoms with Crippen LogP contribution in [0.25, 0.3) is 21.7 Å². The van der Waals surface area contributed by atoms with Crippen molar-refractivity contribution < 1.29 is 9.90 Å². The number of aromatic nitrogens is 1. The van der Waals surface area contributed by atoms with Gasteiger partial charge in [-0.1, -0.05) is 35.9 Å². The highest BCUT2D eigenvalue weighted by Crippen LogP contribution is 2.30. The van der Waals surface area contributed by atoms with E-state index < -0.39 is 5.97 Å². The number of carbonyl (C=O) groups is 1. The number of pyridine rings is 1. The molecule has 0 aliphatic heterocycles. The number of halogens is 1. The molecule has 0 fully saturated rings.